The quantitative estimate of drug-likeness (QED) is 0.0507. The second kappa shape index (κ2) is 28.3. The minimum atomic E-state index is -3.05. The fraction of sp³-hybridized carbons (Fsp3) is 0.911. The third-order valence-corrected chi connectivity index (χ3v) is 14.6. The van der Waals surface area contributed by atoms with Crippen LogP contribution in [0.15, 0.2) is 0 Å². The number of aliphatic hydroxyl groups excluding tert-OH is 17. The molecule has 6 rings (SSSR count). The molecule has 6 fully saturated rings. The minimum Gasteiger partial charge on any atom is -0.477 e. The van der Waals surface area contributed by atoms with Gasteiger partial charge in [0, 0.05) is 27.2 Å². The Labute approximate surface area is 459 Å². The summed E-state index contributed by atoms with van der Waals surface area (Å²) in [7, 11) is 0. The molecular weight excluding hydrogens is 1110 g/mol. The zero-order chi connectivity index (χ0) is 60.3. The molecule has 36 heteroatoms. The Balaban J connectivity index is 1.39. The summed E-state index contributed by atoms with van der Waals surface area (Å²) in [5.74, 6) is -7.69. The van der Waals surface area contributed by atoms with E-state index in [1.54, 1.807) is 0 Å². The molecule has 0 radical (unpaired) electrons. The van der Waals surface area contributed by atoms with Crippen molar-refractivity contribution in [2.75, 3.05) is 33.0 Å². The van der Waals surface area contributed by atoms with E-state index in [0.717, 1.165) is 20.8 Å². The number of carbonyl (C=O) groups is 4. The van der Waals surface area contributed by atoms with Crippen molar-refractivity contribution in [3.63, 3.8) is 0 Å². The van der Waals surface area contributed by atoms with Crippen molar-refractivity contribution in [1.29, 1.82) is 0 Å². The molecule has 36 nitrogen and oxygen atoms in total. The number of rotatable bonds is 21. The number of amides is 3. The van der Waals surface area contributed by atoms with Crippen LogP contribution < -0.4 is 16.0 Å². The van der Waals surface area contributed by atoms with E-state index in [1.807, 2.05) is 0 Å². The zero-order valence-corrected chi connectivity index (χ0v) is 43.7. The first-order valence-electron chi connectivity index (χ1n) is 25.6. The number of aliphatic carboxylic acids is 1. The first kappa shape index (κ1) is 66.9. The molecule has 0 aliphatic carbocycles. The maximum Gasteiger partial charge on any atom is 0.364 e. The van der Waals surface area contributed by atoms with Crippen molar-refractivity contribution < 1.29 is 163 Å². The van der Waals surface area contributed by atoms with Crippen molar-refractivity contribution in [3.05, 3.63) is 0 Å². The van der Waals surface area contributed by atoms with Gasteiger partial charge in [-0.2, -0.15) is 0 Å². The van der Waals surface area contributed by atoms with Gasteiger partial charge in [-0.3, -0.25) is 14.4 Å². The van der Waals surface area contributed by atoms with E-state index in [9.17, 15) is 111 Å². The maximum absolute atomic E-state index is 13.0. The van der Waals surface area contributed by atoms with Gasteiger partial charge in [0.15, 0.2) is 31.5 Å². The Morgan fingerprint density at radius 2 is 0.963 bits per heavy atom. The summed E-state index contributed by atoms with van der Waals surface area (Å²) in [5, 5.41) is 202. The van der Waals surface area contributed by atoms with E-state index in [2.05, 4.69) is 16.0 Å². The summed E-state index contributed by atoms with van der Waals surface area (Å²) >= 11 is 0. The number of carboxylic acids is 1. The lowest BCUT2D eigenvalue weighted by molar-refractivity contribution is -0.400. The van der Waals surface area contributed by atoms with Crippen LogP contribution in [0.4, 0.5) is 0 Å². The lowest BCUT2D eigenvalue weighted by atomic mass is 9.88. The number of hydrogen-bond acceptors (Lipinski definition) is 32. The van der Waals surface area contributed by atoms with Crippen molar-refractivity contribution in [2.24, 2.45) is 0 Å². The van der Waals surface area contributed by atoms with E-state index in [1.165, 1.54) is 6.92 Å². The predicted octanol–water partition coefficient (Wildman–Crippen LogP) is -13.4. The first-order chi connectivity index (χ1) is 38.0. The lowest BCUT2D eigenvalue weighted by Gasteiger charge is -2.52. The number of hydrogen-bond donors (Lipinski definition) is 21. The number of carboxylic acid groups (broad SMARTS) is 1. The molecule has 0 aromatic carbocycles. The standard InChI is InChI=1S/C45H75N3O33/c1-11-24(58)30(64)32(66)41(72-11)80-38-37(79-40-23(48-14(4)55)35(27(61)18(8-51)74-40)77-42-33(67)31(65)26(60)17(7-50)75-42)28(62)19(9-52)76-43(38)78-34-22(47-13(3)54)39(68)73-20(29(34)63)10-71-45(44(69)70)5-15(56)21(46-12(2)53)36(81-45)25(59)16(57)6-49/h11,15-43,49-52,56-68H,5-10H2,1-4H3,(H,46,53)(H,47,54)(H,48,55)(H,69,70)/t11-,15-,16+,17+,18+,19+,20+,21+,22+,23+,24+,25+,26-,27-,28-,29-,30+,31-,32+,33+,34+,35+,36+,37-,38+,39?,40+,41-,42+,43-,45+/m0/s1. The molecule has 6 saturated heterocycles. The summed E-state index contributed by atoms with van der Waals surface area (Å²) in [4.78, 5) is 50.7. The molecule has 468 valence electrons. The molecule has 6 aliphatic rings. The molecule has 0 aromatic rings. The lowest BCUT2D eigenvalue weighted by Crippen LogP contribution is -2.71. The highest BCUT2D eigenvalue weighted by atomic mass is 16.8. The van der Waals surface area contributed by atoms with Crippen LogP contribution in [-0.2, 0) is 71.3 Å². The van der Waals surface area contributed by atoms with Crippen molar-refractivity contribution in [3.8, 4) is 0 Å². The van der Waals surface area contributed by atoms with Crippen molar-refractivity contribution in [1.82, 2.24) is 16.0 Å². The third-order valence-electron chi connectivity index (χ3n) is 14.6. The smallest absolute Gasteiger partial charge is 0.364 e. The van der Waals surface area contributed by atoms with Gasteiger partial charge in [-0.15, -0.1) is 0 Å². The Hall–Kier alpha value is -3.24. The van der Waals surface area contributed by atoms with Crippen LogP contribution in [-0.4, -0.2) is 338 Å². The van der Waals surface area contributed by atoms with Gasteiger partial charge in [0.1, 0.15) is 134 Å². The largest absolute Gasteiger partial charge is 0.477 e. The zero-order valence-electron chi connectivity index (χ0n) is 43.7. The van der Waals surface area contributed by atoms with E-state index in [0.29, 0.717) is 0 Å². The molecule has 3 amide bonds. The summed E-state index contributed by atoms with van der Waals surface area (Å²) in [6, 6.07) is -5.39. The molecule has 0 spiro atoms. The normalized spacial score (nSPS) is 46.7. The molecule has 0 saturated carbocycles. The fourth-order valence-electron chi connectivity index (χ4n) is 10.2. The number of carbonyl (C=O) groups excluding carboxylic acids is 3. The number of ether oxygens (including phenoxy) is 11. The molecule has 0 aromatic heterocycles. The van der Waals surface area contributed by atoms with Crippen LogP contribution in [0.1, 0.15) is 34.1 Å². The van der Waals surface area contributed by atoms with Gasteiger partial charge < -0.3 is 160 Å². The Bertz CT molecular complexity index is 2070. The van der Waals surface area contributed by atoms with Crippen LogP contribution >= 0.6 is 0 Å². The topological polar surface area (TPSA) is 570 Å². The Morgan fingerprint density at radius 1 is 0.519 bits per heavy atom. The van der Waals surface area contributed by atoms with Crippen LogP contribution in [0.2, 0.25) is 0 Å². The molecule has 31 atom stereocenters. The van der Waals surface area contributed by atoms with E-state index in [4.69, 9.17) is 52.1 Å². The third kappa shape index (κ3) is 14.7. The summed E-state index contributed by atoms with van der Waals surface area (Å²) in [6.07, 6.45) is -55.6. The predicted molar refractivity (Wildman–Crippen MR) is 250 cm³/mol. The van der Waals surface area contributed by atoms with Crippen molar-refractivity contribution in [2.45, 2.75) is 224 Å². The molecule has 6 aliphatic heterocycles. The Morgan fingerprint density at radius 3 is 1.52 bits per heavy atom. The van der Waals surface area contributed by atoms with Gasteiger partial charge >= 0.3 is 5.97 Å². The molecule has 81 heavy (non-hydrogen) atoms. The molecule has 1 unspecified atom stereocenters. The average molecular weight is 1190 g/mol. The van der Waals surface area contributed by atoms with Crippen LogP contribution in [0, 0.1) is 0 Å². The van der Waals surface area contributed by atoms with Crippen LogP contribution in [0.3, 0.4) is 0 Å². The summed E-state index contributed by atoms with van der Waals surface area (Å²) in [6.45, 7) is -1.29. The average Bonchev–Trinajstić information content (AvgIpc) is 3.44. The highest BCUT2D eigenvalue weighted by Gasteiger charge is 2.60. The molecule has 21 N–H and O–H groups in total. The maximum atomic E-state index is 13.0. The highest BCUT2D eigenvalue weighted by Crippen LogP contribution is 2.39. The minimum absolute atomic E-state index is 0.810. The van der Waals surface area contributed by atoms with Crippen LogP contribution in [0.25, 0.3) is 0 Å². The fourth-order valence-corrected chi connectivity index (χ4v) is 10.2. The van der Waals surface area contributed by atoms with Gasteiger partial charge in [0.25, 0.3) is 5.79 Å². The van der Waals surface area contributed by atoms with Crippen molar-refractivity contribution >= 4 is 23.7 Å². The second-order valence-corrected chi connectivity index (χ2v) is 20.4. The summed E-state index contributed by atoms with van der Waals surface area (Å²) in [5.41, 5.74) is 0. The van der Waals surface area contributed by atoms with E-state index in [-0.39, 0.29) is 0 Å². The second-order valence-electron chi connectivity index (χ2n) is 20.4. The van der Waals surface area contributed by atoms with Gasteiger partial charge in [-0.25, -0.2) is 4.79 Å². The number of nitrogens with one attached hydrogen (secondary N) is 3. The Kier molecular flexibility index (Phi) is 23.4. The van der Waals surface area contributed by atoms with Gasteiger partial charge in [-0.05, 0) is 6.92 Å². The first-order valence-corrected chi connectivity index (χ1v) is 25.6. The summed E-state index contributed by atoms with van der Waals surface area (Å²) < 4.78 is 64.4. The SMILES string of the molecule is CC(=O)N[C@H]1[C@@H](O[C@H]2[C@@H](O)[C@@H](CO)O[C@@H](O[C@H]3[C@@H](O)[C@@H](CO[C@]4(C(=O)O)C[C@H](O)[C@@H](NC(C)=O)[C@H]([C@H](O)[C@H](O)CO)O4)OC(O)[C@@H]3NC(C)=O)[C@@H]2O[C@@H]2O[C@@H](C)[C@@H](O)[C@@H](O)[C@H]2O)O[C@H](CO)[C@H](O)[C@@H]1O[C@H]1O[C@H](CO)[C@H](O)[C@H](O)[C@H]1O. The van der Waals surface area contributed by atoms with E-state index < -0.39 is 253 Å². The van der Waals surface area contributed by atoms with Gasteiger partial charge in [0.2, 0.25) is 17.7 Å². The van der Waals surface area contributed by atoms with Crippen LogP contribution in [0.5, 0.6) is 0 Å². The molecule has 6 heterocycles. The van der Waals surface area contributed by atoms with E-state index >= 15 is 0 Å². The highest BCUT2D eigenvalue weighted by molar-refractivity contribution is 5.77. The monoisotopic (exact) mass is 1190 g/mol. The molecular formula is C45H75N3O33. The molecule has 0 bridgehead atoms. The van der Waals surface area contributed by atoms with Gasteiger partial charge in [-0.1, -0.05) is 0 Å². The number of aliphatic hydroxyl groups is 17. The van der Waals surface area contributed by atoms with Gasteiger partial charge in [0.05, 0.1) is 51.3 Å².